The fourth-order valence-corrected chi connectivity index (χ4v) is 4.21. The highest BCUT2D eigenvalue weighted by atomic mass is 32.2. The van der Waals surface area contributed by atoms with Gasteiger partial charge in [-0.15, -0.1) is 10.2 Å². The van der Waals surface area contributed by atoms with Gasteiger partial charge >= 0.3 is 0 Å². The van der Waals surface area contributed by atoms with Gasteiger partial charge in [-0.2, -0.15) is 0 Å². The largest absolute Gasteiger partial charge is 0.352 e. The first-order valence-electron chi connectivity index (χ1n) is 9.09. The molecule has 1 aromatic heterocycles. The van der Waals surface area contributed by atoms with Gasteiger partial charge in [0, 0.05) is 18.5 Å². The molecule has 0 radical (unpaired) electrons. The van der Waals surface area contributed by atoms with Crippen molar-refractivity contribution in [3.05, 3.63) is 5.82 Å². The van der Waals surface area contributed by atoms with E-state index in [1.54, 1.807) is 0 Å². The zero-order valence-corrected chi connectivity index (χ0v) is 15.1. The number of aromatic nitrogens is 3. The third-order valence-electron chi connectivity index (χ3n) is 4.86. The third kappa shape index (κ3) is 4.28. The summed E-state index contributed by atoms with van der Waals surface area (Å²) in [7, 11) is 0. The Labute approximate surface area is 143 Å². The molecule has 3 rings (SSSR count). The number of hydrogen-bond acceptors (Lipinski definition) is 4. The number of nitrogens with zero attached hydrogens (tertiary/aromatic N) is 3. The molecular weight excluding hydrogens is 308 g/mol. The fraction of sp³-hybridized carbons (Fsp3) is 0.824. The maximum absolute atomic E-state index is 12.5. The molecular formula is C17H28N4OS. The van der Waals surface area contributed by atoms with Crippen LogP contribution in [0.1, 0.15) is 77.0 Å². The Morgan fingerprint density at radius 2 is 1.91 bits per heavy atom. The van der Waals surface area contributed by atoms with E-state index in [9.17, 15) is 4.79 Å². The Hall–Kier alpha value is -1.04. The Morgan fingerprint density at radius 1 is 1.22 bits per heavy atom. The smallest absolute Gasteiger partial charge is 0.233 e. The zero-order chi connectivity index (χ0) is 16.2. The second-order valence-electron chi connectivity index (χ2n) is 6.82. The summed E-state index contributed by atoms with van der Waals surface area (Å²) >= 11 is 1.54. The molecule has 2 aliphatic carbocycles. The van der Waals surface area contributed by atoms with E-state index in [0.29, 0.717) is 12.0 Å². The summed E-state index contributed by atoms with van der Waals surface area (Å²) in [6.45, 7) is 4.97. The molecule has 0 saturated heterocycles. The van der Waals surface area contributed by atoms with E-state index in [2.05, 4.69) is 27.0 Å². The molecule has 2 fully saturated rings. The van der Waals surface area contributed by atoms with Crippen LogP contribution in [-0.2, 0) is 11.3 Å². The highest BCUT2D eigenvalue weighted by Crippen LogP contribution is 2.40. The highest BCUT2D eigenvalue weighted by molar-refractivity contribution is 8.00. The van der Waals surface area contributed by atoms with E-state index < -0.39 is 0 Å². The Bertz CT molecular complexity index is 533. The zero-order valence-electron chi connectivity index (χ0n) is 14.3. The van der Waals surface area contributed by atoms with Gasteiger partial charge in [0.2, 0.25) is 5.91 Å². The SMILES string of the molecule is CCn1c(S[C@@H](C)C(=O)NC2CCCCCC2)nnc1C1CC1. The molecule has 0 bridgehead atoms. The predicted molar refractivity (Wildman–Crippen MR) is 92.6 cm³/mol. The van der Waals surface area contributed by atoms with E-state index in [0.717, 1.165) is 30.4 Å². The lowest BCUT2D eigenvalue weighted by Gasteiger charge is -2.19. The van der Waals surface area contributed by atoms with E-state index in [4.69, 9.17) is 0 Å². The van der Waals surface area contributed by atoms with Crippen molar-refractivity contribution in [3.8, 4) is 0 Å². The molecule has 6 heteroatoms. The molecule has 0 aliphatic heterocycles. The van der Waals surface area contributed by atoms with Gasteiger partial charge in [0.05, 0.1) is 5.25 Å². The first-order valence-corrected chi connectivity index (χ1v) is 9.97. The average molecular weight is 337 g/mol. The second kappa shape index (κ2) is 7.69. The van der Waals surface area contributed by atoms with Gasteiger partial charge in [-0.3, -0.25) is 4.79 Å². The minimum Gasteiger partial charge on any atom is -0.352 e. The summed E-state index contributed by atoms with van der Waals surface area (Å²) in [5.41, 5.74) is 0. The lowest BCUT2D eigenvalue weighted by Crippen LogP contribution is -2.39. The van der Waals surface area contributed by atoms with Crippen molar-refractivity contribution in [2.45, 2.75) is 94.1 Å². The van der Waals surface area contributed by atoms with Crippen molar-refractivity contribution < 1.29 is 4.79 Å². The van der Waals surface area contributed by atoms with Crippen LogP contribution in [0, 0.1) is 0 Å². The van der Waals surface area contributed by atoms with Crippen LogP contribution in [0.4, 0.5) is 0 Å². The molecule has 0 spiro atoms. The maximum Gasteiger partial charge on any atom is 0.233 e. The predicted octanol–water partition coefficient (Wildman–Crippen LogP) is 3.50. The van der Waals surface area contributed by atoms with Crippen molar-refractivity contribution in [1.29, 1.82) is 0 Å². The summed E-state index contributed by atoms with van der Waals surface area (Å²) in [6, 6.07) is 0.360. The van der Waals surface area contributed by atoms with Crippen molar-refractivity contribution >= 4 is 17.7 Å². The number of nitrogens with one attached hydrogen (secondary N) is 1. The minimum absolute atomic E-state index is 0.125. The van der Waals surface area contributed by atoms with Crippen molar-refractivity contribution in [2.24, 2.45) is 0 Å². The number of hydrogen-bond donors (Lipinski definition) is 1. The van der Waals surface area contributed by atoms with Crippen molar-refractivity contribution in [2.75, 3.05) is 0 Å². The molecule has 1 atom stereocenters. The molecule has 1 heterocycles. The summed E-state index contributed by atoms with van der Waals surface area (Å²) in [4.78, 5) is 12.5. The molecule has 23 heavy (non-hydrogen) atoms. The second-order valence-corrected chi connectivity index (χ2v) is 8.12. The standard InChI is InChI=1S/C17H28N4OS/c1-3-21-15(13-10-11-13)19-20-17(21)23-12(2)16(22)18-14-8-6-4-5-7-9-14/h12-14H,3-11H2,1-2H3,(H,18,22)/t12-/m0/s1. The van der Waals surface area contributed by atoms with E-state index in [-0.39, 0.29) is 11.2 Å². The number of thioether (sulfide) groups is 1. The van der Waals surface area contributed by atoms with Gasteiger partial charge in [-0.1, -0.05) is 37.4 Å². The first kappa shape index (κ1) is 16.8. The number of carbonyl (C=O) groups excluding carboxylic acids is 1. The molecule has 1 amide bonds. The van der Waals surface area contributed by atoms with Gasteiger partial charge in [0.25, 0.3) is 0 Å². The molecule has 2 saturated carbocycles. The Morgan fingerprint density at radius 3 is 2.52 bits per heavy atom. The topological polar surface area (TPSA) is 59.8 Å². The molecule has 0 aromatic carbocycles. The van der Waals surface area contributed by atoms with E-state index in [1.165, 1.54) is 50.3 Å². The lowest BCUT2D eigenvalue weighted by molar-refractivity contribution is -0.121. The van der Waals surface area contributed by atoms with Gasteiger partial charge in [-0.05, 0) is 39.5 Å². The maximum atomic E-state index is 12.5. The average Bonchev–Trinajstić information content (AvgIpc) is 3.34. The number of amides is 1. The monoisotopic (exact) mass is 336 g/mol. The van der Waals surface area contributed by atoms with Crippen LogP contribution >= 0.6 is 11.8 Å². The lowest BCUT2D eigenvalue weighted by atomic mass is 10.1. The van der Waals surface area contributed by atoms with Gasteiger partial charge in [-0.25, -0.2) is 0 Å². The van der Waals surface area contributed by atoms with Gasteiger partial charge in [0.15, 0.2) is 5.16 Å². The van der Waals surface area contributed by atoms with E-state index >= 15 is 0 Å². The fourth-order valence-electron chi connectivity index (χ4n) is 3.28. The molecule has 0 unspecified atom stereocenters. The van der Waals surface area contributed by atoms with Crippen LogP contribution < -0.4 is 5.32 Å². The van der Waals surface area contributed by atoms with Crippen molar-refractivity contribution in [1.82, 2.24) is 20.1 Å². The number of carbonyl (C=O) groups is 1. The summed E-state index contributed by atoms with van der Waals surface area (Å²) in [5, 5.41) is 12.7. The summed E-state index contributed by atoms with van der Waals surface area (Å²) < 4.78 is 2.18. The van der Waals surface area contributed by atoms with Gasteiger partial charge in [0.1, 0.15) is 5.82 Å². The molecule has 2 aliphatic rings. The van der Waals surface area contributed by atoms with E-state index in [1.807, 2.05) is 6.92 Å². The van der Waals surface area contributed by atoms with Crippen LogP contribution in [0.25, 0.3) is 0 Å². The number of rotatable bonds is 6. The van der Waals surface area contributed by atoms with Crippen LogP contribution in [0.3, 0.4) is 0 Å². The van der Waals surface area contributed by atoms with Crippen LogP contribution in [0.5, 0.6) is 0 Å². The molecule has 1 aromatic rings. The highest BCUT2D eigenvalue weighted by Gasteiger charge is 2.31. The third-order valence-corrected chi connectivity index (χ3v) is 5.94. The van der Waals surface area contributed by atoms with Crippen LogP contribution in [0.2, 0.25) is 0 Å². The first-order chi connectivity index (χ1) is 11.2. The normalized spacial score (nSPS) is 21.0. The molecule has 128 valence electrons. The van der Waals surface area contributed by atoms with Gasteiger partial charge < -0.3 is 9.88 Å². The quantitative estimate of drug-likeness (QED) is 0.638. The minimum atomic E-state index is -0.125. The summed E-state index contributed by atoms with van der Waals surface area (Å²) in [6.07, 6.45) is 9.78. The Balaban J connectivity index is 1.57. The Kier molecular flexibility index (Phi) is 5.62. The molecule has 1 N–H and O–H groups in total. The van der Waals surface area contributed by atoms with Crippen LogP contribution in [-0.4, -0.2) is 32.0 Å². The van der Waals surface area contributed by atoms with Crippen LogP contribution in [0.15, 0.2) is 5.16 Å². The van der Waals surface area contributed by atoms with Crippen molar-refractivity contribution in [3.63, 3.8) is 0 Å². The molecule has 5 nitrogen and oxygen atoms in total. The summed E-state index contributed by atoms with van der Waals surface area (Å²) in [5.74, 6) is 1.83.